The van der Waals surface area contributed by atoms with Crippen molar-refractivity contribution in [1.82, 2.24) is 14.7 Å². The lowest BCUT2D eigenvalue weighted by Crippen LogP contribution is -2.43. The predicted molar refractivity (Wildman–Crippen MR) is 77.5 cm³/mol. The van der Waals surface area contributed by atoms with Crippen molar-refractivity contribution < 1.29 is 9.53 Å². The molecule has 1 atom stereocenters. The number of carbonyl (C=O) groups is 1. The van der Waals surface area contributed by atoms with Gasteiger partial charge in [0.1, 0.15) is 11.4 Å². The SMILES string of the molecule is Cc1cn(C2CCCN(C(=O)OC(C)(C)C)C2)nc1N. The molecule has 6 nitrogen and oxygen atoms in total. The van der Waals surface area contributed by atoms with E-state index in [2.05, 4.69) is 5.10 Å². The number of likely N-dealkylation sites (tertiary alicyclic amines) is 1. The molecular formula is C14H24N4O2. The zero-order valence-electron chi connectivity index (χ0n) is 12.7. The minimum atomic E-state index is -0.462. The Kier molecular flexibility index (Phi) is 3.92. The molecule has 0 bridgehead atoms. The summed E-state index contributed by atoms with van der Waals surface area (Å²) in [6.07, 6.45) is 3.64. The summed E-state index contributed by atoms with van der Waals surface area (Å²) in [4.78, 5) is 13.9. The van der Waals surface area contributed by atoms with Crippen LogP contribution < -0.4 is 5.73 Å². The second-order valence-corrected chi connectivity index (χ2v) is 6.40. The average molecular weight is 280 g/mol. The smallest absolute Gasteiger partial charge is 0.410 e. The van der Waals surface area contributed by atoms with E-state index in [1.165, 1.54) is 0 Å². The summed E-state index contributed by atoms with van der Waals surface area (Å²) in [5.41, 5.74) is 6.30. The minimum absolute atomic E-state index is 0.173. The van der Waals surface area contributed by atoms with Gasteiger partial charge < -0.3 is 15.4 Å². The molecule has 1 aliphatic heterocycles. The van der Waals surface area contributed by atoms with Crippen molar-refractivity contribution in [2.45, 2.75) is 52.2 Å². The third-order valence-electron chi connectivity index (χ3n) is 3.38. The molecule has 1 amide bonds. The van der Waals surface area contributed by atoms with Crippen molar-refractivity contribution in [3.8, 4) is 0 Å². The molecule has 112 valence electrons. The van der Waals surface area contributed by atoms with Crippen molar-refractivity contribution in [3.63, 3.8) is 0 Å². The monoisotopic (exact) mass is 280 g/mol. The van der Waals surface area contributed by atoms with Crippen LogP contribution >= 0.6 is 0 Å². The van der Waals surface area contributed by atoms with Crippen LogP contribution in [0.2, 0.25) is 0 Å². The number of anilines is 1. The summed E-state index contributed by atoms with van der Waals surface area (Å²) < 4.78 is 7.30. The van der Waals surface area contributed by atoms with Crippen LogP contribution in [0.15, 0.2) is 6.20 Å². The van der Waals surface area contributed by atoms with E-state index in [0.29, 0.717) is 12.4 Å². The summed E-state index contributed by atoms with van der Waals surface area (Å²) in [7, 11) is 0. The Morgan fingerprint density at radius 3 is 2.75 bits per heavy atom. The Morgan fingerprint density at radius 1 is 1.50 bits per heavy atom. The van der Waals surface area contributed by atoms with Crippen LogP contribution in [-0.2, 0) is 4.74 Å². The number of nitrogen functional groups attached to an aromatic ring is 1. The number of carbonyl (C=O) groups excluding carboxylic acids is 1. The first-order valence-electron chi connectivity index (χ1n) is 7.05. The molecule has 2 rings (SSSR count). The number of hydrogen-bond donors (Lipinski definition) is 1. The Bertz CT molecular complexity index is 470. The summed E-state index contributed by atoms with van der Waals surface area (Å²) in [6.45, 7) is 8.93. The lowest BCUT2D eigenvalue weighted by Gasteiger charge is -2.34. The number of nitrogens with zero attached hydrogens (tertiary/aromatic N) is 3. The summed E-state index contributed by atoms with van der Waals surface area (Å²) in [6, 6.07) is 0.173. The molecular weight excluding hydrogens is 256 g/mol. The number of piperidine rings is 1. The molecule has 0 aliphatic carbocycles. The fourth-order valence-electron chi connectivity index (χ4n) is 2.35. The summed E-state index contributed by atoms with van der Waals surface area (Å²) in [5, 5.41) is 4.32. The quantitative estimate of drug-likeness (QED) is 0.857. The molecule has 6 heteroatoms. The maximum absolute atomic E-state index is 12.1. The molecule has 1 aliphatic rings. The lowest BCUT2D eigenvalue weighted by molar-refractivity contribution is 0.0167. The van der Waals surface area contributed by atoms with Crippen molar-refractivity contribution >= 4 is 11.9 Å². The van der Waals surface area contributed by atoms with Crippen LogP contribution in [0.4, 0.5) is 10.6 Å². The first-order valence-corrected chi connectivity index (χ1v) is 7.05. The number of amides is 1. The summed E-state index contributed by atoms with van der Waals surface area (Å²) in [5.74, 6) is 0.555. The topological polar surface area (TPSA) is 73.4 Å². The van der Waals surface area contributed by atoms with Crippen molar-refractivity contribution in [2.75, 3.05) is 18.8 Å². The van der Waals surface area contributed by atoms with Gasteiger partial charge in [0.15, 0.2) is 0 Å². The third kappa shape index (κ3) is 3.43. The van der Waals surface area contributed by atoms with Crippen molar-refractivity contribution in [2.24, 2.45) is 0 Å². The van der Waals surface area contributed by atoms with Gasteiger partial charge in [0, 0.05) is 24.8 Å². The zero-order valence-corrected chi connectivity index (χ0v) is 12.7. The fraction of sp³-hybridized carbons (Fsp3) is 0.714. The highest BCUT2D eigenvalue weighted by Gasteiger charge is 2.28. The highest BCUT2D eigenvalue weighted by molar-refractivity contribution is 5.68. The highest BCUT2D eigenvalue weighted by atomic mass is 16.6. The molecule has 1 aromatic heterocycles. The van der Waals surface area contributed by atoms with E-state index in [1.807, 2.05) is 38.6 Å². The number of rotatable bonds is 1. The minimum Gasteiger partial charge on any atom is -0.444 e. The molecule has 0 spiro atoms. The van der Waals surface area contributed by atoms with E-state index >= 15 is 0 Å². The number of nitrogens with two attached hydrogens (primary N) is 1. The largest absolute Gasteiger partial charge is 0.444 e. The predicted octanol–water partition coefficient (Wildman–Crippen LogP) is 2.35. The van der Waals surface area contributed by atoms with Gasteiger partial charge in [-0.05, 0) is 40.5 Å². The van der Waals surface area contributed by atoms with Crippen LogP contribution in [0.5, 0.6) is 0 Å². The molecule has 1 saturated heterocycles. The van der Waals surface area contributed by atoms with Gasteiger partial charge in [-0.25, -0.2) is 4.79 Å². The van der Waals surface area contributed by atoms with E-state index in [1.54, 1.807) is 4.90 Å². The van der Waals surface area contributed by atoms with E-state index in [4.69, 9.17) is 10.5 Å². The average Bonchev–Trinajstić information content (AvgIpc) is 2.68. The second-order valence-electron chi connectivity index (χ2n) is 6.40. The van der Waals surface area contributed by atoms with Gasteiger partial charge in [-0.1, -0.05) is 0 Å². The zero-order chi connectivity index (χ0) is 14.9. The Balaban J connectivity index is 2.03. The second kappa shape index (κ2) is 5.34. The maximum atomic E-state index is 12.1. The maximum Gasteiger partial charge on any atom is 0.410 e. The van der Waals surface area contributed by atoms with Gasteiger partial charge in [0.25, 0.3) is 0 Å². The Labute approximate surface area is 119 Å². The van der Waals surface area contributed by atoms with Crippen LogP contribution in [0.3, 0.4) is 0 Å². The van der Waals surface area contributed by atoms with E-state index in [-0.39, 0.29) is 12.1 Å². The van der Waals surface area contributed by atoms with Crippen LogP contribution in [0, 0.1) is 6.92 Å². The van der Waals surface area contributed by atoms with Gasteiger partial charge in [0.05, 0.1) is 6.04 Å². The number of aromatic nitrogens is 2. The summed E-state index contributed by atoms with van der Waals surface area (Å²) >= 11 is 0. The van der Waals surface area contributed by atoms with Gasteiger partial charge >= 0.3 is 6.09 Å². The van der Waals surface area contributed by atoms with Crippen LogP contribution in [-0.4, -0.2) is 39.5 Å². The molecule has 1 fully saturated rings. The Morgan fingerprint density at radius 2 is 2.20 bits per heavy atom. The fourth-order valence-corrected chi connectivity index (χ4v) is 2.35. The molecule has 1 unspecified atom stereocenters. The number of ether oxygens (including phenoxy) is 1. The number of aryl methyl sites for hydroxylation is 1. The standard InChI is InChI=1S/C14H24N4O2/c1-10-8-18(16-12(10)15)11-6-5-7-17(9-11)13(19)20-14(2,3)4/h8,11H,5-7,9H2,1-4H3,(H2,15,16). The lowest BCUT2D eigenvalue weighted by atomic mass is 10.1. The molecule has 0 aromatic carbocycles. The molecule has 0 saturated carbocycles. The van der Waals surface area contributed by atoms with Gasteiger partial charge in [-0.2, -0.15) is 5.10 Å². The first-order chi connectivity index (χ1) is 9.26. The highest BCUT2D eigenvalue weighted by Crippen LogP contribution is 2.24. The third-order valence-corrected chi connectivity index (χ3v) is 3.38. The van der Waals surface area contributed by atoms with E-state index in [9.17, 15) is 4.79 Å². The van der Waals surface area contributed by atoms with Gasteiger partial charge in [-0.15, -0.1) is 0 Å². The molecule has 20 heavy (non-hydrogen) atoms. The first kappa shape index (κ1) is 14.7. The van der Waals surface area contributed by atoms with Crippen LogP contribution in [0.25, 0.3) is 0 Å². The van der Waals surface area contributed by atoms with Crippen LogP contribution in [0.1, 0.15) is 45.2 Å². The molecule has 1 aromatic rings. The van der Waals surface area contributed by atoms with Gasteiger partial charge in [0.2, 0.25) is 0 Å². The van der Waals surface area contributed by atoms with Gasteiger partial charge in [-0.3, -0.25) is 4.68 Å². The molecule has 2 N–H and O–H groups in total. The van der Waals surface area contributed by atoms with E-state index in [0.717, 1.165) is 24.9 Å². The normalized spacial score (nSPS) is 20.0. The van der Waals surface area contributed by atoms with Crippen molar-refractivity contribution in [1.29, 1.82) is 0 Å². The van der Waals surface area contributed by atoms with E-state index < -0.39 is 5.60 Å². The van der Waals surface area contributed by atoms with Crippen molar-refractivity contribution in [3.05, 3.63) is 11.8 Å². The number of hydrogen-bond acceptors (Lipinski definition) is 4. The molecule has 0 radical (unpaired) electrons. The Hall–Kier alpha value is -1.72. The molecule has 2 heterocycles.